The van der Waals surface area contributed by atoms with E-state index in [0.29, 0.717) is 0 Å². The smallest absolute Gasteiger partial charge is 0.250 e. The lowest BCUT2D eigenvalue weighted by Crippen LogP contribution is -2.28. The molecule has 2 aromatic rings. The van der Waals surface area contributed by atoms with E-state index in [-0.39, 0.29) is 5.91 Å². The molecule has 0 N–H and O–H groups in total. The molecule has 24 heavy (non-hydrogen) atoms. The Kier molecular flexibility index (Phi) is 4.07. The summed E-state index contributed by atoms with van der Waals surface area (Å²) >= 11 is 1.65. The number of thiazole rings is 1. The van der Waals surface area contributed by atoms with Gasteiger partial charge in [-0.2, -0.15) is 0 Å². The third-order valence-electron chi connectivity index (χ3n) is 4.64. The van der Waals surface area contributed by atoms with Crippen LogP contribution in [0, 0.1) is 6.92 Å². The summed E-state index contributed by atoms with van der Waals surface area (Å²) in [6, 6.07) is 8.44. The van der Waals surface area contributed by atoms with Gasteiger partial charge < -0.3 is 4.90 Å². The van der Waals surface area contributed by atoms with Crippen LogP contribution in [0.5, 0.6) is 0 Å². The highest BCUT2D eigenvalue weighted by atomic mass is 32.1. The van der Waals surface area contributed by atoms with Crippen LogP contribution in [0.25, 0.3) is 16.1 Å². The number of benzene rings is 1. The third kappa shape index (κ3) is 2.94. The van der Waals surface area contributed by atoms with Crippen LogP contribution in [0.3, 0.4) is 0 Å². The minimum atomic E-state index is 0.202. The molecule has 1 fully saturated rings. The molecule has 1 saturated heterocycles. The molecular weight excluding hydrogens is 316 g/mol. The monoisotopic (exact) mass is 336 g/mol. The average molecular weight is 336 g/mol. The molecule has 3 nitrogen and oxygen atoms in total. The SMILES string of the molecule is Cc1ccc(-c2nc(C3=CCC(C(=O)N4CCCC4)=C3)cs2)cc1. The molecule has 122 valence electrons. The van der Waals surface area contributed by atoms with Gasteiger partial charge in [-0.15, -0.1) is 11.3 Å². The van der Waals surface area contributed by atoms with E-state index >= 15 is 0 Å². The third-order valence-corrected chi connectivity index (χ3v) is 5.53. The average Bonchev–Trinajstić information content (AvgIpc) is 3.34. The van der Waals surface area contributed by atoms with Crippen LogP contribution in [0.4, 0.5) is 0 Å². The number of likely N-dealkylation sites (tertiary alicyclic amines) is 1. The van der Waals surface area contributed by atoms with Gasteiger partial charge >= 0.3 is 0 Å². The first-order valence-electron chi connectivity index (χ1n) is 8.44. The van der Waals surface area contributed by atoms with Gasteiger partial charge in [0.15, 0.2) is 0 Å². The second-order valence-electron chi connectivity index (χ2n) is 6.44. The van der Waals surface area contributed by atoms with E-state index in [9.17, 15) is 4.79 Å². The number of hydrogen-bond acceptors (Lipinski definition) is 3. The van der Waals surface area contributed by atoms with Crippen LogP contribution >= 0.6 is 11.3 Å². The number of rotatable bonds is 3. The van der Waals surface area contributed by atoms with Crippen molar-refractivity contribution in [3.05, 3.63) is 58.6 Å². The molecule has 1 aliphatic carbocycles. The Labute approximate surface area is 146 Å². The molecule has 0 radical (unpaired) electrons. The Balaban J connectivity index is 1.52. The van der Waals surface area contributed by atoms with Gasteiger partial charge in [-0.05, 0) is 37.8 Å². The number of hydrogen-bond donors (Lipinski definition) is 0. The van der Waals surface area contributed by atoms with Crippen LogP contribution in [0.2, 0.25) is 0 Å². The van der Waals surface area contributed by atoms with Crippen molar-refractivity contribution in [2.75, 3.05) is 13.1 Å². The summed E-state index contributed by atoms with van der Waals surface area (Å²) in [6.07, 6.45) is 7.13. The van der Waals surface area contributed by atoms with Gasteiger partial charge in [0.25, 0.3) is 0 Å². The highest BCUT2D eigenvalue weighted by Gasteiger charge is 2.23. The quantitative estimate of drug-likeness (QED) is 0.829. The van der Waals surface area contributed by atoms with Crippen molar-refractivity contribution in [2.24, 2.45) is 0 Å². The second-order valence-corrected chi connectivity index (χ2v) is 7.29. The molecule has 0 bridgehead atoms. The minimum Gasteiger partial charge on any atom is -0.339 e. The molecule has 1 aliphatic heterocycles. The Morgan fingerprint density at radius 2 is 1.92 bits per heavy atom. The first kappa shape index (κ1) is 15.3. The van der Waals surface area contributed by atoms with Crippen LogP contribution in [0.15, 0.2) is 47.4 Å². The van der Waals surface area contributed by atoms with E-state index < -0.39 is 0 Å². The zero-order valence-corrected chi connectivity index (χ0v) is 14.6. The van der Waals surface area contributed by atoms with Crippen molar-refractivity contribution in [3.8, 4) is 10.6 Å². The number of aromatic nitrogens is 1. The number of nitrogens with zero attached hydrogens (tertiary/aromatic N) is 2. The van der Waals surface area contributed by atoms with E-state index in [4.69, 9.17) is 4.98 Å². The number of amides is 1. The Morgan fingerprint density at radius 3 is 2.67 bits per heavy atom. The highest BCUT2D eigenvalue weighted by molar-refractivity contribution is 7.13. The predicted octanol–water partition coefficient (Wildman–Crippen LogP) is 4.45. The summed E-state index contributed by atoms with van der Waals surface area (Å²) in [5.41, 5.74) is 5.35. The largest absolute Gasteiger partial charge is 0.339 e. The van der Waals surface area contributed by atoms with Gasteiger partial charge in [-0.25, -0.2) is 4.98 Å². The van der Waals surface area contributed by atoms with E-state index in [0.717, 1.165) is 59.8 Å². The maximum Gasteiger partial charge on any atom is 0.250 e. The fourth-order valence-corrected chi connectivity index (χ4v) is 4.05. The van der Waals surface area contributed by atoms with E-state index in [2.05, 4.69) is 42.6 Å². The molecule has 2 heterocycles. The molecule has 1 amide bonds. The van der Waals surface area contributed by atoms with E-state index in [1.807, 2.05) is 11.0 Å². The molecule has 0 atom stereocenters. The molecule has 1 aromatic carbocycles. The lowest BCUT2D eigenvalue weighted by Gasteiger charge is -2.15. The van der Waals surface area contributed by atoms with Gasteiger partial charge in [0.2, 0.25) is 5.91 Å². The molecule has 0 saturated carbocycles. The fraction of sp³-hybridized carbons (Fsp3) is 0.300. The normalized spacial score (nSPS) is 17.1. The Bertz CT molecular complexity index is 824. The summed E-state index contributed by atoms with van der Waals surface area (Å²) in [4.78, 5) is 19.2. The van der Waals surface area contributed by atoms with Crippen molar-refractivity contribution in [3.63, 3.8) is 0 Å². The predicted molar refractivity (Wildman–Crippen MR) is 98.8 cm³/mol. The molecule has 0 unspecified atom stereocenters. The van der Waals surface area contributed by atoms with Gasteiger partial charge in [-0.3, -0.25) is 4.79 Å². The zero-order valence-electron chi connectivity index (χ0n) is 13.8. The maximum absolute atomic E-state index is 12.5. The van der Waals surface area contributed by atoms with Crippen LogP contribution in [-0.2, 0) is 4.79 Å². The molecule has 4 heteroatoms. The van der Waals surface area contributed by atoms with Crippen molar-refractivity contribution in [1.82, 2.24) is 9.88 Å². The summed E-state index contributed by atoms with van der Waals surface area (Å²) in [5, 5.41) is 3.11. The minimum absolute atomic E-state index is 0.202. The van der Waals surface area contributed by atoms with Gasteiger partial charge in [0.1, 0.15) is 5.01 Å². The molecule has 4 rings (SSSR count). The van der Waals surface area contributed by atoms with Crippen molar-refractivity contribution < 1.29 is 4.79 Å². The Morgan fingerprint density at radius 1 is 1.17 bits per heavy atom. The lowest BCUT2D eigenvalue weighted by atomic mass is 10.1. The fourth-order valence-electron chi connectivity index (χ4n) is 3.21. The lowest BCUT2D eigenvalue weighted by molar-refractivity contribution is -0.126. The second kappa shape index (κ2) is 6.36. The summed E-state index contributed by atoms with van der Waals surface area (Å²) in [6.45, 7) is 3.89. The van der Waals surface area contributed by atoms with E-state index in [1.165, 1.54) is 5.56 Å². The molecule has 0 spiro atoms. The number of carbonyl (C=O) groups excluding carboxylic acids is 1. The maximum atomic E-state index is 12.5. The van der Waals surface area contributed by atoms with Crippen molar-refractivity contribution in [1.29, 1.82) is 0 Å². The topological polar surface area (TPSA) is 33.2 Å². The first-order valence-corrected chi connectivity index (χ1v) is 9.31. The standard InChI is InChI=1S/C20H20N2OS/c1-14-4-6-15(7-5-14)19-21-18(13-24-19)16-8-9-17(12-16)20(23)22-10-2-3-11-22/h4-8,12-13H,2-3,9-11H2,1H3. The number of allylic oxidation sites excluding steroid dienone is 3. The van der Waals surface area contributed by atoms with Crippen molar-refractivity contribution in [2.45, 2.75) is 26.2 Å². The van der Waals surface area contributed by atoms with Crippen molar-refractivity contribution >= 4 is 22.8 Å². The zero-order chi connectivity index (χ0) is 16.5. The molecule has 2 aliphatic rings. The molecule has 1 aromatic heterocycles. The Hall–Kier alpha value is -2.20. The summed E-state index contributed by atoms with van der Waals surface area (Å²) in [7, 11) is 0. The van der Waals surface area contributed by atoms with Gasteiger partial charge in [0, 0.05) is 29.6 Å². The van der Waals surface area contributed by atoms with Crippen LogP contribution in [0.1, 0.15) is 30.5 Å². The number of aryl methyl sites for hydroxylation is 1. The van der Waals surface area contributed by atoms with Crippen LogP contribution < -0.4 is 0 Å². The van der Waals surface area contributed by atoms with E-state index in [1.54, 1.807) is 11.3 Å². The summed E-state index contributed by atoms with van der Waals surface area (Å²) < 4.78 is 0. The highest BCUT2D eigenvalue weighted by Crippen LogP contribution is 2.32. The van der Waals surface area contributed by atoms with Gasteiger partial charge in [0.05, 0.1) is 5.69 Å². The first-order chi connectivity index (χ1) is 11.7. The number of carbonyl (C=O) groups is 1. The van der Waals surface area contributed by atoms with Crippen LogP contribution in [-0.4, -0.2) is 28.9 Å². The van der Waals surface area contributed by atoms with Gasteiger partial charge in [-0.1, -0.05) is 35.9 Å². The molecular formula is C20H20N2OS. The summed E-state index contributed by atoms with van der Waals surface area (Å²) in [5.74, 6) is 0.202.